The SMILES string of the molecule is Cc1nc(C2CN(C)C(=O)N2)n(C(C)(C)C)n1. The zero-order valence-electron chi connectivity index (χ0n) is 11.0. The van der Waals surface area contributed by atoms with Crippen molar-refractivity contribution in [3.05, 3.63) is 11.6 Å². The largest absolute Gasteiger partial charge is 0.326 e. The molecule has 2 heterocycles. The Balaban J connectivity index is 2.36. The molecule has 0 aliphatic carbocycles. The van der Waals surface area contributed by atoms with E-state index in [4.69, 9.17) is 0 Å². The zero-order chi connectivity index (χ0) is 12.8. The number of hydrogen-bond donors (Lipinski definition) is 1. The van der Waals surface area contributed by atoms with Crippen LogP contribution in [0, 0.1) is 6.92 Å². The molecule has 1 aromatic heterocycles. The predicted octanol–water partition coefficient (Wildman–Crippen LogP) is 1.04. The Hall–Kier alpha value is -1.59. The first-order valence-corrected chi connectivity index (χ1v) is 5.74. The molecular formula is C11H19N5O. The fraction of sp³-hybridized carbons (Fsp3) is 0.727. The summed E-state index contributed by atoms with van der Waals surface area (Å²) in [7, 11) is 1.78. The van der Waals surface area contributed by atoms with E-state index >= 15 is 0 Å². The minimum atomic E-state index is -0.136. The Kier molecular flexibility index (Phi) is 2.60. The highest BCUT2D eigenvalue weighted by Crippen LogP contribution is 2.23. The lowest BCUT2D eigenvalue weighted by Crippen LogP contribution is -2.30. The van der Waals surface area contributed by atoms with Crippen LogP contribution in [0.5, 0.6) is 0 Å². The van der Waals surface area contributed by atoms with E-state index in [2.05, 4.69) is 36.2 Å². The van der Waals surface area contributed by atoms with Crippen LogP contribution in [0.1, 0.15) is 38.5 Å². The van der Waals surface area contributed by atoms with E-state index < -0.39 is 0 Å². The summed E-state index contributed by atoms with van der Waals surface area (Å²) < 4.78 is 1.90. The van der Waals surface area contributed by atoms with E-state index in [-0.39, 0.29) is 17.6 Å². The molecule has 0 radical (unpaired) electrons. The number of likely N-dealkylation sites (N-methyl/N-ethyl adjacent to an activating group) is 1. The molecule has 2 amide bonds. The molecule has 6 heteroatoms. The van der Waals surface area contributed by atoms with Crippen molar-refractivity contribution in [3.63, 3.8) is 0 Å². The fourth-order valence-corrected chi connectivity index (χ4v) is 1.96. The summed E-state index contributed by atoms with van der Waals surface area (Å²) in [5.41, 5.74) is -0.136. The highest BCUT2D eigenvalue weighted by atomic mass is 16.2. The maximum atomic E-state index is 11.5. The number of nitrogens with zero attached hydrogens (tertiary/aromatic N) is 4. The summed E-state index contributed by atoms with van der Waals surface area (Å²) in [5, 5.41) is 7.32. The summed E-state index contributed by atoms with van der Waals surface area (Å²) in [6.45, 7) is 8.72. The van der Waals surface area contributed by atoms with Crippen molar-refractivity contribution in [2.45, 2.75) is 39.3 Å². The van der Waals surface area contributed by atoms with E-state index in [1.165, 1.54) is 0 Å². The van der Waals surface area contributed by atoms with Gasteiger partial charge in [-0.3, -0.25) is 0 Å². The van der Waals surface area contributed by atoms with Gasteiger partial charge < -0.3 is 10.2 Å². The minimum absolute atomic E-state index is 0.0592. The molecule has 1 aromatic rings. The van der Waals surface area contributed by atoms with Crippen molar-refractivity contribution in [2.24, 2.45) is 0 Å². The lowest BCUT2D eigenvalue weighted by molar-refractivity contribution is 0.226. The van der Waals surface area contributed by atoms with Gasteiger partial charge in [-0.25, -0.2) is 14.5 Å². The number of carbonyl (C=O) groups excluding carboxylic acids is 1. The van der Waals surface area contributed by atoms with Gasteiger partial charge in [-0.15, -0.1) is 0 Å². The lowest BCUT2D eigenvalue weighted by atomic mass is 10.1. The second kappa shape index (κ2) is 3.72. The normalized spacial score (nSPS) is 20.9. The van der Waals surface area contributed by atoms with Gasteiger partial charge in [0.15, 0.2) is 5.82 Å². The third-order valence-corrected chi connectivity index (χ3v) is 2.79. The first-order chi connectivity index (χ1) is 7.79. The van der Waals surface area contributed by atoms with Crippen LogP contribution >= 0.6 is 0 Å². The number of carbonyl (C=O) groups is 1. The van der Waals surface area contributed by atoms with Gasteiger partial charge >= 0.3 is 6.03 Å². The molecule has 6 nitrogen and oxygen atoms in total. The van der Waals surface area contributed by atoms with Gasteiger partial charge in [-0.1, -0.05) is 0 Å². The predicted molar refractivity (Wildman–Crippen MR) is 63.7 cm³/mol. The van der Waals surface area contributed by atoms with Gasteiger partial charge in [0.1, 0.15) is 11.9 Å². The monoisotopic (exact) mass is 237 g/mol. The number of aryl methyl sites for hydroxylation is 1. The van der Waals surface area contributed by atoms with Crippen molar-refractivity contribution in [3.8, 4) is 0 Å². The standard InChI is InChI=1S/C11H19N5O/c1-7-12-9(16(14-7)11(2,3)4)8-6-15(5)10(17)13-8/h8H,6H2,1-5H3,(H,13,17). The average molecular weight is 237 g/mol. The van der Waals surface area contributed by atoms with Crippen molar-refractivity contribution >= 4 is 6.03 Å². The molecule has 1 aliphatic rings. The smallest absolute Gasteiger partial charge is 0.317 e. The Labute approximate surface area is 101 Å². The average Bonchev–Trinajstić information content (AvgIpc) is 2.70. The number of amides is 2. The van der Waals surface area contributed by atoms with Gasteiger partial charge in [-0.05, 0) is 27.7 Å². The molecule has 17 heavy (non-hydrogen) atoms. The highest BCUT2D eigenvalue weighted by Gasteiger charge is 2.33. The first kappa shape index (κ1) is 11.9. The summed E-state index contributed by atoms with van der Waals surface area (Å²) in [5.74, 6) is 1.56. The van der Waals surface area contributed by atoms with Crippen LogP contribution in [0.2, 0.25) is 0 Å². The Morgan fingerprint density at radius 1 is 1.41 bits per heavy atom. The third-order valence-electron chi connectivity index (χ3n) is 2.79. The number of aromatic nitrogens is 3. The van der Waals surface area contributed by atoms with E-state index in [1.54, 1.807) is 11.9 Å². The van der Waals surface area contributed by atoms with Gasteiger partial charge in [0, 0.05) is 13.6 Å². The van der Waals surface area contributed by atoms with E-state index in [1.807, 2.05) is 11.6 Å². The van der Waals surface area contributed by atoms with Gasteiger partial charge in [-0.2, -0.15) is 5.10 Å². The Morgan fingerprint density at radius 3 is 2.53 bits per heavy atom. The van der Waals surface area contributed by atoms with E-state index in [0.29, 0.717) is 6.54 Å². The first-order valence-electron chi connectivity index (χ1n) is 5.74. The molecule has 1 unspecified atom stereocenters. The summed E-state index contributed by atoms with van der Waals surface area (Å²) in [4.78, 5) is 17.6. The molecule has 2 rings (SSSR count). The summed E-state index contributed by atoms with van der Waals surface area (Å²) in [6, 6.07) is -0.135. The summed E-state index contributed by atoms with van der Waals surface area (Å²) in [6.07, 6.45) is 0. The molecule has 1 aliphatic heterocycles. The van der Waals surface area contributed by atoms with Gasteiger partial charge in [0.2, 0.25) is 0 Å². The number of hydrogen-bond acceptors (Lipinski definition) is 3. The van der Waals surface area contributed by atoms with Crippen molar-refractivity contribution < 1.29 is 4.79 Å². The van der Waals surface area contributed by atoms with Crippen LogP contribution in [-0.4, -0.2) is 39.3 Å². The van der Waals surface area contributed by atoms with Crippen molar-refractivity contribution in [1.82, 2.24) is 25.0 Å². The zero-order valence-corrected chi connectivity index (χ0v) is 11.0. The molecule has 1 saturated heterocycles. The molecule has 1 atom stereocenters. The molecule has 1 N–H and O–H groups in total. The molecule has 1 fully saturated rings. The van der Waals surface area contributed by atoms with Crippen molar-refractivity contribution in [2.75, 3.05) is 13.6 Å². The van der Waals surface area contributed by atoms with Crippen LogP contribution in [0.25, 0.3) is 0 Å². The quantitative estimate of drug-likeness (QED) is 0.793. The molecule has 0 bridgehead atoms. The second-order valence-electron chi connectivity index (χ2n) is 5.48. The van der Waals surface area contributed by atoms with E-state index in [9.17, 15) is 4.79 Å². The number of urea groups is 1. The van der Waals surface area contributed by atoms with Crippen LogP contribution in [0.3, 0.4) is 0 Å². The second-order valence-corrected chi connectivity index (χ2v) is 5.48. The molecule has 0 aromatic carbocycles. The van der Waals surface area contributed by atoms with Gasteiger partial charge in [0.05, 0.1) is 5.54 Å². The summed E-state index contributed by atoms with van der Waals surface area (Å²) >= 11 is 0. The van der Waals surface area contributed by atoms with Crippen molar-refractivity contribution in [1.29, 1.82) is 0 Å². The maximum Gasteiger partial charge on any atom is 0.317 e. The molecular weight excluding hydrogens is 218 g/mol. The maximum absolute atomic E-state index is 11.5. The van der Waals surface area contributed by atoms with Crippen LogP contribution < -0.4 is 5.32 Å². The minimum Gasteiger partial charge on any atom is -0.326 e. The van der Waals surface area contributed by atoms with Gasteiger partial charge in [0.25, 0.3) is 0 Å². The van der Waals surface area contributed by atoms with Crippen LogP contribution in [0.15, 0.2) is 0 Å². The number of rotatable bonds is 1. The third kappa shape index (κ3) is 2.11. The Morgan fingerprint density at radius 2 is 2.06 bits per heavy atom. The van der Waals surface area contributed by atoms with Crippen LogP contribution in [-0.2, 0) is 5.54 Å². The Bertz CT molecular complexity index is 445. The highest BCUT2D eigenvalue weighted by molar-refractivity contribution is 5.76. The van der Waals surface area contributed by atoms with Crippen LogP contribution in [0.4, 0.5) is 4.79 Å². The molecule has 94 valence electrons. The topological polar surface area (TPSA) is 63.1 Å². The molecule has 0 spiro atoms. The number of nitrogens with one attached hydrogen (secondary N) is 1. The van der Waals surface area contributed by atoms with E-state index in [0.717, 1.165) is 11.6 Å². The lowest BCUT2D eigenvalue weighted by Gasteiger charge is -2.23. The fourth-order valence-electron chi connectivity index (χ4n) is 1.96. The molecule has 0 saturated carbocycles.